The standard InChI is InChI=1S/C14H15F2NO2/c15-14(16)11-6-17(7-12(14)9-19-8-11)13(18)10-4-2-1-3-5-10/h1-5,11-12H,6-9H2. The molecule has 2 aliphatic rings. The second kappa shape index (κ2) is 4.56. The van der Waals surface area contributed by atoms with Crippen molar-refractivity contribution in [1.82, 2.24) is 4.90 Å². The number of hydrogen-bond donors (Lipinski definition) is 0. The van der Waals surface area contributed by atoms with Crippen LogP contribution in [0.3, 0.4) is 0 Å². The highest BCUT2D eigenvalue weighted by atomic mass is 19.3. The summed E-state index contributed by atoms with van der Waals surface area (Å²) in [5.74, 6) is -4.65. The topological polar surface area (TPSA) is 29.5 Å². The monoisotopic (exact) mass is 267 g/mol. The Morgan fingerprint density at radius 1 is 1.16 bits per heavy atom. The molecule has 2 bridgehead atoms. The molecule has 1 aromatic carbocycles. The summed E-state index contributed by atoms with van der Waals surface area (Å²) >= 11 is 0. The molecule has 102 valence electrons. The number of amides is 1. The lowest BCUT2D eigenvalue weighted by atomic mass is 9.83. The molecule has 2 aliphatic heterocycles. The third-order valence-electron chi connectivity index (χ3n) is 3.92. The van der Waals surface area contributed by atoms with Crippen LogP contribution in [0.1, 0.15) is 10.4 Å². The lowest BCUT2D eigenvalue weighted by Crippen LogP contribution is -2.60. The third-order valence-corrected chi connectivity index (χ3v) is 3.92. The predicted molar refractivity (Wildman–Crippen MR) is 65.1 cm³/mol. The van der Waals surface area contributed by atoms with Crippen molar-refractivity contribution in [3.05, 3.63) is 35.9 Å². The Kier molecular flexibility index (Phi) is 3.01. The van der Waals surface area contributed by atoms with Crippen LogP contribution >= 0.6 is 0 Å². The number of piperidine rings is 1. The molecular weight excluding hydrogens is 252 g/mol. The SMILES string of the molecule is O=C(c1ccccc1)N1CC2COCC(C1)C2(F)F. The van der Waals surface area contributed by atoms with Crippen LogP contribution < -0.4 is 0 Å². The van der Waals surface area contributed by atoms with Gasteiger partial charge in [0.2, 0.25) is 0 Å². The van der Waals surface area contributed by atoms with Gasteiger partial charge < -0.3 is 9.64 Å². The molecule has 2 saturated heterocycles. The highest BCUT2D eigenvalue weighted by Crippen LogP contribution is 2.41. The van der Waals surface area contributed by atoms with E-state index in [0.717, 1.165) is 0 Å². The number of likely N-dealkylation sites (tertiary alicyclic amines) is 1. The average Bonchev–Trinajstić information content (AvgIpc) is 2.37. The maximum atomic E-state index is 13.9. The Morgan fingerprint density at radius 3 is 2.32 bits per heavy atom. The first kappa shape index (κ1) is 12.5. The Bertz CT molecular complexity index is 462. The van der Waals surface area contributed by atoms with E-state index in [0.29, 0.717) is 5.56 Å². The van der Waals surface area contributed by atoms with Gasteiger partial charge in [0.25, 0.3) is 11.8 Å². The maximum absolute atomic E-state index is 13.9. The van der Waals surface area contributed by atoms with Crippen molar-refractivity contribution in [3.63, 3.8) is 0 Å². The summed E-state index contributed by atoms with van der Waals surface area (Å²) in [7, 11) is 0. The summed E-state index contributed by atoms with van der Waals surface area (Å²) in [6, 6.07) is 8.79. The number of ether oxygens (including phenoxy) is 1. The largest absolute Gasteiger partial charge is 0.380 e. The van der Waals surface area contributed by atoms with Crippen molar-refractivity contribution < 1.29 is 18.3 Å². The van der Waals surface area contributed by atoms with E-state index in [1.54, 1.807) is 24.3 Å². The molecule has 0 aliphatic carbocycles. The Hall–Kier alpha value is -1.49. The number of alkyl halides is 2. The van der Waals surface area contributed by atoms with E-state index in [2.05, 4.69) is 0 Å². The average molecular weight is 267 g/mol. The molecule has 2 atom stereocenters. The minimum Gasteiger partial charge on any atom is -0.380 e. The number of halogens is 2. The van der Waals surface area contributed by atoms with Gasteiger partial charge in [-0.1, -0.05) is 18.2 Å². The number of fused-ring (bicyclic) bond motifs is 2. The highest BCUT2D eigenvalue weighted by molar-refractivity contribution is 5.94. The molecule has 0 radical (unpaired) electrons. The quantitative estimate of drug-likeness (QED) is 0.779. The summed E-state index contributed by atoms with van der Waals surface area (Å²) in [6.07, 6.45) is 0. The number of rotatable bonds is 1. The molecular formula is C14H15F2NO2. The number of nitrogens with zero attached hydrogens (tertiary/aromatic N) is 1. The van der Waals surface area contributed by atoms with E-state index >= 15 is 0 Å². The van der Waals surface area contributed by atoms with Gasteiger partial charge in [-0.25, -0.2) is 8.78 Å². The first-order valence-corrected chi connectivity index (χ1v) is 6.39. The zero-order valence-corrected chi connectivity index (χ0v) is 10.4. The van der Waals surface area contributed by atoms with E-state index in [9.17, 15) is 13.6 Å². The molecule has 3 nitrogen and oxygen atoms in total. The van der Waals surface area contributed by atoms with Crippen LogP contribution in [0.5, 0.6) is 0 Å². The summed E-state index contributed by atoms with van der Waals surface area (Å²) in [5.41, 5.74) is 0.548. The van der Waals surface area contributed by atoms with E-state index in [1.807, 2.05) is 6.07 Å². The second-order valence-corrected chi connectivity index (χ2v) is 5.18. The summed E-state index contributed by atoms with van der Waals surface area (Å²) in [5, 5.41) is 0. The van der Waals surface area contributed by atoms with Gasteiger partial charge >= 0.3 is 0 Å². The summed E-state index contributed by atoms with van der Waals surface area (Å²) in [6.45, 7) is 0.193. The molecule has 0 saturated carbocycles. The normalized spacial score (nSPS) is 29.1. The molecule has 0 spiro atoms. The fourth-order valence-electron chi connectivity index (χ4n) is 2.79. The first-order valence-electron chi connectivity index (χ1n) is 6.39. The molecule has 0 N–H and O–H groups in total. The smallest absolute Gasteiger partial charge is 0.261 e. The first-order chi connectivity index (χ1) is 9.09. The highest BCUT2D eigenvalue weighted by Gasteiger charge is 2.54. The van der Waals surface area contributed by atoms with Gasteiger partial charge in [-0.05, 0) is 12.1 Å². The summed E-state index contributed by atoms with van der Waals surface area (Å²) < 4.78 is 33.1. The molecule has 1 aromatic rings. The van der Waals surface area contributed by atoms with Crippen LogP contribution in [0.4, 0.5) is 8.78 Å². The van der Waals surface area contributed by atoms with E-state index in [-0.39, 0.29) is 32.2 Å². The second-order valence-electron chi connectivity index (χ2n) is 5.18. The van der Waals surface area contributed by atoms with Gasteiger partial charge in [-0.3, -0.25) is 4.79 Å². The van der Waals surface area contributed by atoms with Crippen molar-refractivity contribution in [1.29, 1.82) is 0 Å². The van der Waals surface area contributed by atoms with E-state index in [1.165, 1.54) is 4.90 Å². The molecule has 2 heterocycles. The Labute approximate surface area is 110 Å². The van der Waals surface area contributed by atoms with Crippen LogP contribution in [-0.2, 0) is 4.74 Å². The zero-order chi connectivity index (χ0) is 13.5. The van der Waals surface area contributed by atoms with Gasteiger partial charge in [0.05, 0.1) is 25.0 Å². The molecule has 2 fully saturated rings. The Morgan fingerprint density at radius 2 is 1.74 bits per heavy atom. The van der Waals surface area contributed by atoms with Gasteiger partial charge in [0, 0.05) is 18.7 Å². The van der Waals surface area contributed by atoms with Crippen LogP contribution in [0.15, 0.2) is 30.3 Å². The maximum Gasteiger partial charge on any atom is 0.261 e. The Balaban J connectivity index is 1.80. The predicted octanol–water partition coefficient (Wildman–Crippen LogP) is 2.04. The van der Waals surface area contributed by atoms with Crippen molar-refractivity contribution >= 4 is 5.91 Å². The van der Waals surface area contributed by atoms with E-state index < -0.39 is 17.8 Å². The fraction of sp³-hybridized carbons (Fsp3) is 0.500. The molecule has 2 unspecified atom stereocenters. The third kappa shape index (κ3) is 2.12. The lowest BCUT2D eigenvalue weighted by Gasteiger charge is -2.46. The van der Waals surface area contributed by atoms with Crippen LogP contribution in [0.2, 0.25) is 0 Å². The van der Waals surface area contributed by atoms with Gasteiger partial charge in [0.15, 0.2) is 0 Å². The molecule has 1 amide bonds. The van der Waals surface area contributed by atoms with Crippen LogP contribution in [0.25, 0.3) is 0 Å². The number of benzene rings is 1. The van der Waals surface area contributed by atoms with Crippen molar-refractivity contribution in [3.8, 4) is 0 Å². The minimum absolute atomic E-state index is 0.0298. The minimum atomic E-state index is -2.72. The van der Waals surface area contributed by atoms with Crippen LogP contribution in [0, 0.1) is 11.8 Å². The van der Waals surface area contributed by atoms with Gasteiger partial charge in [0.1, 0.15) is 0 Å². The molecule has 3 rings (SSSR count). The van der Waals surface area contributed by atoms with Crippen molar-refractivity contribution in [2.24, 2.45) is 11.8 Å². The van der Waals surface area contributed by atoms with E-state index in [4.69, 9.17) is 4.74 Å². The fourth-order valence-corrected chi connectivity index (χ4v) is 2.79. The van der Waals surface area contributed by atoms with Crippen molar-refractivity contribution in [2.45, 2.75) is 5.92 Å². The van der Waals surface area contributed by atoms with Gasteiger partial charge in [-0.15, -0.1) is 0 Å². The number of hydrogen-bond acceptors (Lipinski definition) is 2. The molecule has 0 aromatic heterocycles. The molecule has 19 heavy (non-hydrogen) atoms. The lowest BCUT2D eigenvalue weighted by molar-refractivity contribution is -0.210. The molecule has 5 heteroatoms. The number of carbonyl (C=O) groups excluding carboxylic acids is 1. The summed E-state index contributed by atoms with van der Waals surface area (Å²) in [4.78, 5) is 13.8. The number of carbonyl (C=O) groups is 1. The van der Waals surface area contributed by atoms with Crippen LogP contribution in [-0.4, -0.2) is 43.0 Å². The van der Waals surface area contributed by atoms with Crippen molar-refractivity contribution in [2.75, 3.05) is 26.3 Å². The van der Waals surface area contributed by atoms with Gasteiger partial charge in [-0.2, -0.15) is 0 Å². The zero-order valence-electron chi connectivity index (χ0n) is 10.4.